The summed E-state index contributed by atoms with van der Waals surface area (Å²) < 4.78 is 5.28. The van der Waals surface area contributed by atoms with Gasteiger partial charge in [0, 0.05) is 38.5 Å². The molecule has 0 radical (unpaired) electrons. The topological polar surface area (TPSA) is 117 Å². The van der Waals surface area contributed by atoms with Crippen molar-refractivity contribution in [2.45, 2.75) is 26.4 Å². The molecule has 194 valence electrons. The van der Waals surface area contributed by atoms with Crippen molar-refractivity contribution in [3.63, 3.8) is 0 Å². The molecule has 2 aromatic rings. The fraction of sp³-hybridized carbons (Fsp3) is 0.310. The Balaban J connectivity index is 2.04. The highest BCUT2D eigenvalue weighted by molar-refractivity contribution is 6.30. The molecule has 0 saturated heterocycles. The number of methoxy groups -OCH3 is 1. The zero-order chi connectivity index (χ0) is 27.4. The average molecular weight is 501 g/mol. The maximum atomic E-state index is 9.85. The number of aryl methyl sites for hydroxylation is 1. The minimum absolute atomic E-state index is 0.289. The number of hydrogen-bond acceptors (Lipinski definition) is 8. The Bertz CT molecular complexity index is 1210. The second kappa shape index (κ2) is 13.9. The number of likely N-dealkylation sites (N-methyl/N-ethyl adjacent to an activating group) is 1. The average Bonchev–Trinajstić information content (AvgIpc) is 2.87. The molecule has 0 saturated carbocycles. The lowest BCUT2D eigenvalue weighted by atomic mass is 10.00. The fourth-order valence-corrected chi connectivity index (χ4v) is 3.22. The standard InChI is InChI=1S/C29H36N6O2/c1-21-8-7-9-27(24-12-10-23(16-30)11-13-24)28(21)34-19-26(20-37-6)35(5)15-14-32-17-25(31)18-33-22(2)29(3,4)36/h7-13,18-20,31-32,36H,2,14-15,17H2,1,3-6H3/b26-20-,31-25?,33-18?,34-19?. The molecular formula is C29H36N6O2. The van der Waals surface area contributed by atoms with E-state index in [4.69, 9.17) is 20.4 Å². The van der Waals surface area contributed by atoms with Crippen LogP contribution in [0.25, 0.3) is 11.1 Å². The summed E-state index contributed by atoms with van der Waals surface area (Å²) in [6, 6.07) is 15.6. The van der Waals surface area contributed by atoms with E-state index in [2.05, 4.69) is 23.0 Å². The van der Waals surface area contributed by atoms with Gasteiger partial charge in [0.15, 0.2) is 0 Å². The number of rotatable bonds is 13. The van der Waals surface area contributed by atoms with Crippen LogP contribution in [0, 0.1) is 23.7 Å². The zero-order valence-corrected chi connectivity index (χ0v) is 22.2. The number of allylic oxidation sites excluding steroid dienone is 1. The number of para-hydroxylation sites is 1. The lowest BCUT2D eigenvalue weighted by Gasteiger charge is -2.20. The van der Waals surface area contributed by atoms with Crippen molar-refractivity contribution in [2.24, 2.45) is 9.98 Å². The quantitative estimate of drug-likeness (QED) is 0.211. The molecule has 0 unspecified atom stereocenters. The number of nitrogens with zero attached hydrogens (tertiary/aromatic N) is 4. The minimum Gasteiger partial charge on any atom is -0.502 e. The van der Waals surface area contributed by atoms with Gasteiger partial charge in [0.2, 0.25) is 0 Å². The molecule has 8 nitrogen and oxygen atoms in total. The van der Waals surface area contributed by atoms with E-state index in [1.54, 1.807) is 45.6 Å². The smallest absolute Gasteiger partial charge is 0.107 e. The molecule has 0 spiro atoms. The maximum Gasteiger partial charge on any atom is 0.107 e. The number of nitrogens with one attached hydrogen (secondary N) is 2. The van der Waals surface area contributed by atoms with E-state index in [1.165, 1.54) is 6.21 Å². The first-order valence-electron chi connectivity index (χ1n) is 11.9. The second-order valence-corrected chi connectivity index (χ2v) is 9.08. The highest BCUT2D eigenvalue weighted by Gasteiger charge is 2.16. The predicted molar refractivity (Wildman–Crippen MR) is 152 cm³/mol. The minimum atomic E-state index is -1.11. The van der Waals surface area contributed by atoms with Crippen LogP contribution in [0.15, 0.2) is 76.7 Å². The first-order valence-corrected chi connectivity index (χ1v) is 11.9. The molecule has 0 atom stereocenters. The highest BCUT2D eigenvalue weighted by Crippen LogP contribution is 2.33. The van der Waals surface area contributed by atoms with Crippen LogP contribution in [0.5, 0.6) is 0 Å². The van der Waals surface area contributed by atoms with Crippen molar-refractivity contribution < 1.29 is 9.84 Å². The van der Waals surface area contributed by atoms with Gasteiger partial charge in [0.1, 0.15) is 11.9 Å². The van der Waals surface area contributed by atoms with Crippen molar-refractivity contribution in [1.29, 1.82) is 10.7 Å². The van der Waals surface area contributed by atoms with E-state index < -0.39 is 5.60 Å². The third-order valence-electron chi connectivity index (χ3n) is 5.59. The van der Waals surface area contributed by atoms with Crippen LogP contribution >= 0.6 is 0 Å². The maximum absolute atomic E-state index is 9.85. The van der Waals surface area contributed by atoms with E-state index >= 15 is 0 Å². The Morgan fingerprint density at radius 1 is 1.24 bits per heavy atom. The number of benzene rings is 2. The Hall–Kier alpha value is -4.06. The molecule has 0 aromatic heterocycles. The molecule has 0 bridgehead atoms. The van der Waals surface area contributed by atoms with Crippen molar-refractivity contribution >= 4 is 23.8 Å². The molecule has 3 N–H and O–H groups in total. The Labute approximate surface area is 219 Å². The summed E-state index contributed by atoms with van der Waals surface area (Å²) in [6.07, 6.45) is 4.81. The van der Waals surface area contributed by atoms with Gasteiger partial charge in [0.25, 0.3) is 0 Å². The third-order valence-corrected chi connectivity index (χ3v) is 5.59. The van der Waals surface area contributed by atoms with Crippen molar-refractivity contribution in [3.05, 3.63) is 77.8 Å². The molecule has 2 rings (SSSR count). The summed E-state index contributed by atoms with van der Waals surface area (Å²) in [5.74, 6) is 0. The van der Waals surface area contributed by atoms with E-state index in [9.17, 15) is 5.11 Å². The summed E-state index contributed by atoms with van der Waals surface area (Å²) in [4.78, 5) is 10.9. The van der Waals surface area contributed by atoms with Crippen LogP contribution in [0.2, 0.25) is 0 Å². The van der Waals surface area contributed by atoms with Crippen LogP contribution in [0.3, 0.4) is 0 Å². The number of nitriles is 1. The summed E-state index contributed by atoms with van der Waals surface area (Å²) in [5, 5.41) is 30.2. The van der Waals surface area contributed by atoms with Crippen LogP contribution in [0.1, 0.15) is 25.0 Å². The second-order valence-electron chi connectivity index (χ2n) is 9.08. The molecule has 37 heavy (non-hydrogen) atoms. The van der Waals surface area contributed by atoms with Crippen LogP contribution < -0.4 is 5.32 Å². The van der Waals surface area contributed by atoms with Crippen molar-refractivity contribution in [2.75, 3.05) is 33.8 Å². The van der Waals surface area contributed by atoms with Gasteiger partial charge in [-0.3, -0.25) is 9.98 Å². The van der Waals surface area contributed by atoms with Gasteiger partial charge in [-0.05, 0) is 44.0 Å². The SMILES string of the molecule is C=C(N=CC(=N)CNCCN(C)/C(C=Nc1c(C)cccc1-c1ccc(C#N)cc1)=C\OC)C(C)(C)O. The van der Waals surface area contributed by atoms with Gasteiger partial charge in [-0.25, -0.2) is 0 Å². The molecule has 0 amide bonds. The summed E-state index contributed by atoms with van der Waals surface area (Å²) in [7, 11) is 3.54. The Kier molecular flexibility index (Phi) is 10.9. The largest absolute Gasteiger partial charge is 0.502 e. The van der Waals surface area contributed by atoms with E-state index in [-0.39, 0.29) is 5.71 Å². The summed E-state index contributed by atoms with van der Waals surface area (Å²) in [6.45, 7) is 10.5. The molecule has 0 aliphatic rings. The molecule has 8 heteroatoms. The first-order chi connectivity index (χ1) is 17.6. The van der Waals surface area contributed by atoms with Crippen molar-refractivity contribution in [3.8, 4) is 17.2 Å². The van der Waals surface area contributed by atoms with Crippen LogP contribution in [-0.2, 0) is 4.74 Å². The van der Waals surface area contributed by atoms with Gasteiger partial charge in [-0.15, -0.1) is 0 Å². The molecule has 0 heterocycles. The van der Waals surface area contributed by atoms with Gasteiger partial charge in [-0.1, -0.05) is 36.9 Å². The number of hydrogen-bond donors (Lipinski definition) is 3. The van der Waals surface area contributed by atoms with E-state index in [0.29, 0.717) is 30.9 Å². The molecule has 0 fully saturated rings. The monoisotopic (exact) mass is 500 g/mol. The summed E-state index contributed by atoms with van der Waals surface area (Å²) >= 11 is 0. The van der Waals surface area contributed by atoms with Gasteiger partial charge >= 0.3 is 0 Å². The first kappa shape index (κ1) is 29.2. The zero-order valence-electron chi connectivity index (χ0n) is 22.2. The number of ether oxygens (including phenoxy) is 1. The highest BCUT2D eigenvalue weighted by atomic mass is 16.5. The molecule has 0 aliphatic heterocycles. The number of aliphatic imine (C=N–C) groups is 2. The third kappa shape index (κ3) is 9.15. The lowest BCUT2D eigenvalue weighted by Crippen LogP contribution is -2.32. The fourth-order valence-electron chi connectivity index (χ4n) is 3.22. The van der Waals surface area contributed by atoms with E-state index in [1.807, 2.05) is 49.2 Å². The Morgan fingerprint density at radius 3 is 2.57 bits per heavy atom. The van der Waals surface area contributed by atoms with Crippen LogP contribution in [0.4, 0.5) is 5.69 Å². The van der Waals surface area contributed by atoms with Gasteiger partial charge < -0.3 is 25.5 Å². The van der Waals surface area contributed by atoms with Gasteiger partial charge in [0.05, 0.1) is 47.8 Å². The lowest BCUT2D eigenvalue weighted by molar-refractivity contribution is 0.119. The van der Waals surface area contributed by atoms with E-state index in [0.717, 1.165) is 28.1 Å². The Morgan fingerprint density at radius 2 is 1.95 bits per heavy atom. The predicted octanol–water partition coefficient (Wildman–Crippen LogP) is 4.62. The van der Waals surface area contributed by atoms with Crippen molar-refractivity contribution in [1.82, 2.24) is 10.2 Å². The summed E-state index contributed by atoms with van der Waals surface area (Å²) in [5.41, 5.74) is 4.74. The van der Waals surface area contributed by atoms with Crippen LogP contribution in [-0.4, -0.2) is 67.5 Å². The number of aliphatic hydroxyl groups is 1. The normalized spacial score (nSPS) is 12.1. The molecule has 2 aromatic carbocycles. The molecule has 0 aliphatic carbocycles. The molecular weight excluding hydrogens is 464 g/mol. The van der Waals surface area contributed by atoms with Gasteiger partial charge in [-0.2, -0.15) is 5.26 Å².